The number of amides is 2. The first kappa shape index (κ1) is 19.2. The van der Waals surface area contributed by atoms with Gasteiger partial charge in [-0.3, -0.25) is 0 Å². The van der Waals surface area contributed by atoms with Gasteiger partial charge in [0.15, 0.2) is 11.6 Å². The molecule has 8 heteroatoms. The maximum Gasteiger partial charge on any atom is 0.323 e. The van der Waals surface area contributed by atoms with E-state index >= 15 is 0 Å². The van der Waals surface area contributed by atoms with Crippen LogP contribution in [0.2, 0.25) is 0 Å². The number of fused-ring (bicyclic) bond motifs is 1. The molecule has 1 saturated carbocycles. The second-order valence-electron chi connectivity index (χ2n) is 7.68. The highest BCUT2D eigenvalue weighted by atomic mass is 19.1. The zero-order valence-electron chi connectivity index (χ0n) is 17.0. The lowest BCUT2D eigenvalue weighted by Gasteiger charge is -2.26. The molecule has 5 rings (SSSR count). The summed E-state index contributed by atoms with van der Waals surface area (Å²) in [6, 6.07) is 12.3. The van der Waals surface area contributed by atoms with E-state index in [2.05, 4.69) is 15.2 Å². The molecule has 1 aliphatic heterocycles. The van der Waals surface area contributed by atoms with Crippen LogP contribution in [0.5, 0.6) is 5.75 Å². The summed E-state index contributed by atoms with van der Waals surface area (Å²) in [5, 5.41) is 7.23. The van der Waals surface area contributed by atoms with E-state index in [0.29, 0.717) is 29.6 Å². The van der Waals surface area contributed by atoms with Crippen molar-refractivity contribution in [3.63, 3.8) is 0 Å². The number of rotatable bonds is 5. The van der Waals surface area contributed by atoms with Crippen molar-refractivity contribution in [3.05, 3.63) is 71.9 Å². The van der Waals surface area contributed by atoms with Gasteiger partial charge in [0.2, 0.25) is 0 Å². The molecule has 1 fully saturated rings. The van der Waals surface area contributed by atoms with Crippen molar-refractivity contribution in [2.75, 3.05) is 22.2 Å². The second-order valence-corrected chi connectivity index (χ2v) is 7.68. The number of hydrogen-bond acceptors (Lipinski definition) is 4. The van der Waals surface area contributed by atoms with Gasteiger partial charge in [-0.1, -0.05) is 6.08 Å². The van der Waals surface area contributed by atoms with Crippen LogP contribution in [0.3, 0.4) is 0 Å². The number of nitrogens with one attached hydrogen (secondary N) is 2. The minimum atomic E-state index is -0.409. The number of benzene rings is 2. The predicted molar refractivity (Wildman–Crippen MR) is 118 cm³/mol. The van der Waals surface area contributed by atoms with Crippen LogP contribution in [0.25, 0.3) is 6.08 Å². The first-order chi connectivity index (χ1) is 15.1. The zero-order valence-corrected chi connectivity index (χ0v) is 17.0. The van der Waals surface area contributed by atoms with Gasteiger partial charge in [0.05, 0.1) is 6.54 Å². The third-order valence-electron chi connectivity index (χ3n) is 5.28. The van der Waals surface area contributed by atoms with Gasteiger partial charge in [-0.05, 0) is 67.4 Å². The highest BCUT2D eigenvalue weighted by Gasteiger charge is 2.32. The molecule has 7 nitrogen and oxygen atoms in total. The molecule has 31 heavy (non-hydrogen) atoms. The van der Waals surface area contributed by atoms with Gasteiger partial charge < -0.3 is 20.0 Å². The Bertz CT molecular complexity index is 1130. The SMILES string of the molecule is Cn1c(C2CC2)nc2c1N(Oc1ccc(NC(=O)Nc3ccc(F)cc3)cc1)CC=C2. The zero-order chi connectivity index (χ0) is 21.4. The Morgan fingerprint density at radius 3 is 2.35 bits per heavy atom. The van der Waals surface area contributed by atoms with E-state index in [-0.39, 0.29) is 5.82 Å². The van der Waals surface area contributed by atoms with Crippen molar-refractivity contribution < 1.29 is 14.0 Å². The van der Waals surface area contributed by atoms with Crippen molar-refractivity contribution in [2.24, 2.45) is 7.05 Å². The summed E-state index contributed by atoms with van der Waals surface area (Å²) < 4.78 is 15.1. The average Bonchev–Trinajstić information content (AvgIpc) is 3.55. The van der Waals surface area contributed by atoms with Crippen LogP contribution in [-0.2, 0) is 7.05 Å². The van der Waals surface area contributed by atoms with Crippen molar-refractivity contribution in [2.45, 2.75) is 18.8 Å². The van der Waals surface area contributed by atoms with E-state index in [9.17, 15) is 9.18 Å². The number of hydroxylamine groups is 1. The van der Waals surface area contributed by atoms with Gasteiger partial charge in [-0.25, -0.2) is 14.2 Å². The Labute approximate surface area is 179 Å². The van der Waals surface area contributed by atoms with Crippen LogP contribution >= 0.6 is 0 Å². The maximum atomic E-state index is 13.0. The number of imidazole rings is 1. The van der Waals surface area contributed by atoms with E-state index in [1.165, 1.54) is 37.1 Å². The number of halogens is 1. The minimum absolute atomic E-state index is 0.354. The van der Waals surface area contributed by atoms with Gasteiger partial charge in [-0.2, -0.15) is 5.06 Å². The molecular weight excluding hydrogens is 397 g/mol. The fourth-order valence-electron chi connectivity index (χ4n) is 3.62. The number of hydrogen-bond donors (Lipinski definition) is 2. The third-order valence-corrected chi connectivity index (χ3v) is 5.28. The molecule has 2 heterocycles. The minimum Gasteiger partial charge on any atom is -0.378 e. The first-order valence-corrected chi connectivity index (χ1v) is 10.2. The lowest BCUT2D eigenvalue weighted by atomic mass is 10.3. The molecule has 0 radical (unpaired) electrons. The number of aromatic nitrogens is 2. The average molecular weight is 419 g/mol. The van der Waals surface area contributed by atoms with Crippen LogP contribution < -0.4 is 20.5 Å². The van der Waals surface area contributed by atoms with Crippen molar-refractivity contribution in [1.29, 1.82) is 0 Å². The van der Waals surface area contributed by atoms with Gasteiger partial charge in [-0.15, -0.1) is 0 Å². The Kier molecular flexibility index (Phi) is 4.82. The van der Waals surface area contributed by atoms with E-state index in [0.717, 1.165) is 17.3 Å². The smallest absolute Gasteiger partial charge is 0.323 e. The summed E-state index contributed by atoms with van der Waals surface area (Å²) in [7, 11) is 2.03. The largest absolute Gasteiger partial charge is 0.378 e. The van der Waals surface area contributed by atoms with Crippen LogP contribution in [0, 0.1) is 5.82 Å². The Morgan fingerprint density at radius 1 is 1.06 bits per heavy atom. The number of anilines is 3. The van der Waals surface area contributed by atoms with E-state index in [1.807, 2.05) is 24.3 Å². The predicted octanol–water partition coefficient (Wildman–Crippen LogP) is 4.91. The number of carbonyl (C=O) groups excluding carboxylic acids is 1. The maximum absolute atomic E-state index is 13.0. The van der Waals surface area contributed by atoms with Crippen LogP contribution in [-0.4, -0.2) is 22.1 Å². The molecule has 2 aliphatic rings. The fourth-order valence-corrected chi connectivity index (χ4v) is 3.62. The van der Waals surface area contributed by atoms with Crippen LogP contribution in [0.1, 0.15) is 30.3 Å². The van der Waals surface area contributed by atoms with E-state index in [1.54, 1.807) is 24.3 Å². The van der Waals surface area contributed by atoms with Crippen molar-refractivity contribution in [3.8, 4) is 5.75 Å². The fraction of sp³-hybridized carbons (Fsp3) is 0.217. The molecule has 2 amide bonds. The normalized spacial score (nSPS) is 14.8. The van der Waals surface area contributed by atoms with Gasteiger partial charge >= 0.3 is 6.03 Å². The Morgan fingerprint density at radius 2 is 1.71 bits per heavy atom. The molecule has 0 saturated heterocycles. The number of carbonyl (C=O) groups is 1. The third kappa shape index (κ3) is 4.09. The summed E-state index contributed by atoms with van der Waals surface area (Å²) in [5.74, 6) is 2.91. The number of urea groups is 1. The molecule has 0 bridgehead atoms. The quantitative estimate of drug-likeness (QED) is 0.617. The lowest BCUT2D eigenvalue weighted by molar-refractivity contribution is 0.262. The molecule has 3 aromatic rings. The second kappa shape index (κ2) is 7.79. The van der Waals surface area contributed by atoms with Crippen LogP contribution in [0.4, 0.5) is 26.4 Å². The monoisotopic (exact) mass is 419 g/mol. The molecule has 2 N–H and O–H groups in total. The van der Waals surface area contributed by atoms with Gasteiger partial charge in [0.1, 0.15) is 17.3 Å². The highest BCUT2D eigenvalue weighted by molar-refractivity contribution is 5.99. The standard InChI is InChI=1S/C23H22FN5O2/c1-28-21(15-4-5-15)27-20-3-2-14-29(22(20)28)31-19-12-10-18(11-13-19)26-23(30)25-17-8-6-16(24)7-9-17/h2-3,6-13,15H,4-5,14H2,1H3,(H2,25,26,30). The highest BCUT2D eigenvalue weighted by Crippen LogP contribution is 2.42. The summed E-state index contributed by atoms with van der Waals surface area (Å²) in [6.07, 6.45) is 6.45. The summed E-state index contributed by atoms with van der Waals surface area (Å²) in [6.45, 7) is 0.622. The Hall–Kier alpha value is -3.81. The van der Waals surface area contributed by atoms with Crippen LogP contribution in [0.15, 0.2) is 54.6 Å². The van der Waals surface area contributed by atoms with Crippen molar-refractivity contribution >= 4 is 29.3 Å². The number of nitrogens with zero attached hydrogens (tertiary/aromatic N) is 3. The lowest BCUT2D eigenvalue weighted by Crippen LogP contribution is -2.31. The molecule has 0 spiro atoms. The van der Waals surface area contributed by atoms with Gasteiger partial charge in [0, 0.05) is 24.3 Å². The molecule has 0 atom stereocenters. The van der Waals surface area contributed by atoms with Crippen molar-refractivity contribution in [1.82, 2.24) is 9.55 Å². The molecular formula is C23H22FN5O2. The molecule has 1 aromatic heterocycles. The molecule has 158 valence electrons. The molecule has 1 aliphatic carbocycles. The summed E-state index contributed by atoms with van der Waals surface area (Å²) in [4.78, 5) is 23.0. The van der Waals surface area contributed by atoms with Gasteiger partial charge in [0.25, 0.3) is 0 Å². The Balaban J connectivity index is 1.23. The molecule has 0 unspecified atom stereocenters. The van der Waals surface area contributed by atoms with E-state index < -0.39 is 6.03 Å². The first-order valence-electron chi connectivity index (χ1n) is 10.2. The summed E-state index contributed by atoms with van der Waals surface area (Å²) >= 11 is 0. The molecule has 2 aromatic carbocycles. The summed E-state index contributed by atoms with van der Waals surface area (Å²) in [5.41, 5.74) is 2.05. The van der Waals surface area contributed by atoms with E-state index in [4.69, 9.17) is 9.82 Å². The topological polar surface area (TPSA) is 71.4 Å².